The summed E-state index contributed by atoms with van der Waals surface area (Å²) in [6, 6.07) is 5.41. The van der Waals surface area contributed by atoms with Crippen LogP contribution in [0.2, 0.25) is 5.02 Å². The number of benzene rings is 1. The Morgan fingerprint density at radius 2 is 2.10 bits per heavy atom. The van der Waals surface area contributed by atoms with E-state index in [-0.39, 0.29) is 24.0 Å². The van der Waals surface area contributed by atoms with E-state index in [1.807, 2.05) is 6.07 Å². The molecule has 0 unspecified atom stereocenters. The second-order valence-corrected chi connectivity index (χ2v) is 5.54. The molecule has 120 valence electrons. The van der Waals surface area contributed by atoms with E-state index >= 15 is 0 Å². The van der Waals surface area contributed by atoms with E-state index in [9.17, 15) is 0 Å². The van der Waals surface area contributed by atoms with E-state index in [2.05, 4.69) is 24.2 Å². The van der Waals surface area contributed by atoms with Crippen LogP contribution in [0.25, 0.3) is 0 Å². The summed E-state index contributed by atoms with van der Waals surface area (Å²) in [5.41, 5.74) is 6.64. The maximum atomic E-state index is 6.04. The Balaban J connectivity index is 0.00000400. The fraction of sp³-hybridized carbons (Fsp3) is 0.533. The average Bonchev–Trinajstić information content (AvgIpc) is 2.38. The summed E-state index contributed by atoms with van der Waals surface area (Å²) in [4.78, 5) is 4.30. The summed E-state index contributed by atoms with van der Waals surface area (Å²) in [5.74, 6) is 1.80. The van der Waals surface area contributed by atoms with Gasteiger partial charge >= 0.3 is 0 Å². The number of hydrogen-bond acceptors (Lipinski definition) is 2. The van der Waals surface area contributed by atoms with Crippen LogP contribution in [0.5, 0.6) is 5.75 Å². The minimum Gasteiger partial charge on any atom is -0.495 e. The normalized spacial score (nSPS) is 11.2. The van der Waals surface area contributed by atoms with E-state index < -0.39 is 0 Å². The molecule has 4 nitrogen and oxygen atoms in total. The van der Waals surface area contributed by atoms with Crippen LogP contribution in [-0.4, -0.2) is 19.6 Å². The number of aliphatic imine (C=N–C) groups is 1. The van der Waals surface area contributed by atoms with E-state index in [4.69, 9.17) is 22.1 Å². The zero-order valence-corrected chi connectivity index (χ0v) is 15.9. The average molecular weight is 426 g/mol. The Kier molecular flexibility index (Phi) is 10.6. The topological polar surface area (TPSA) is 59.6 Å². The monoisotopic (exact) mass is 425 g/mol. The van der Waals surface area contributed by atoms with Crippen molar-refractivity contribution in [2.75, 3.05) is 19.0 Å². The largest absolute Gasteiger partial charge is 0.495 e. The highest BCUT2D eigenvalue weighted by molar-refractivity contribution is 14.0. The number of guanidine groups is 1. The number of anilines is 1. The molecule has 3 N–H and O–H groups in total. The van der Waals surface area contributed by atoms with Crippen molar-refractivity contribution >= 4 is 47.2 Å². The van der Waals surface area contributed by atoms with Gasteiger partial charge in [0, 0.05) is 12.2 Å². The van der Waals surface area contributed by atoms with Gasteiger partial charge in [-0.25, -0.2) is 0 Å². The Labute approximate surface area is 149 Å². The van der Waals surface area contributed by atoms with Gasteiger partial charge in [0.1, 0.15) is 5.75 Å². The third-order valence-corrected chi connectivity index (χ3v) is 3.19. The van der Waals surface area contributed by atoms with Gasteiger partial charge in [-0.1, -0.05) is 38.3 Å². The fourth-order valence-electron chi connectivity index (χ4n) is 1.80. The summed E-state index contributed by atoms with van der Waals surface area (Å²) in [6.45, 7) is 5.20. The molecule has 0 saturated heterocycles. The van der Waals surface area contributed by atoms with Gasteiger partial charge in [-0.05, 0) is 30.5 Å². The van der Waals surface area contributed by atoms with Crippen LogP contribution in [0.1, 0.15) is 33.1 Å². The molecule has 6 heteroatoms. The standard InChI is InChI=1S/C15H24ClN3O.HI/c1-11(2)6-4-5-9-18-15(17)19-12-7-8-14(20-3)13(16)10-12;/h7-8,10-11H,4-6,9H2,1-3H3,(H3,17,18,19);1H. The zero-order chi connectivity index (χ0) is 15.0. The Hall–Kier alpha value is -0.690. The van der Waals surface area contributed by atoms with Crippen molar-refractivity contribution in [1.82, 2.24) is 0 Å². The third kappa shape index (κ3) is 8.36. The maximum absolute atomic E-state index is 6.04. The molecule has 0 fully saturated rings. The van der Waals surface area contributed by atoms with Crippen molar-refractivity contribution in [3.05, 3.63) is 23.2 Å². The molecule has 1 rings (SSSR count). The lowest BCUT2D eigenvalue weighted by Crippen LogP contribution is -2.22. The summed E-state index contributed by atoms with van der Waals surface area (Å²) in [7, 11) is 1.58. The van der Waals surface area contributed by atoms with Gasteiger partial charge < -0.3 is 15.8 Å². The second kappa shape index (κ2) is 11.0. The lowest BCUT2D eigenvalue weighted by Gasteiger charge is -2.08. The first-order valence-corrected chi connectivity index (χ1v) is 7.31. The van der Waals surface area contributed by atoms with E-state index in [1.165, 1.54) is 12.8 Å². The molecule has 0 aromatic heterocycles. The Morgan fingerprint density at radius 3 is 2.67 bits per heavy atom. The van der Waals surface area contributed by atoms with Gasteiger partial charge in [0.15, 0.2) is 5.96 Å². The molecule has 21 heavy (non-hydrogen) atoms. The number of ether oxygens (including phenoxy) is 1. The van der Waals surface area contributed by atoms with Gasteiger partial charge in [0.05, 0.1) is 12.1 Å². The summed E-state index contributed by atoms with van der Waals surface area (Å²) < 4.78 is 5.09. The summed E-state index contributed by atoms with van der Waals surface area (Å²) >= 11 is 6.04. The molecule has 0 bridgehead atoms. The van der Waals surface area contributed by atoms with Crippen molar-refractivity contribution in [1.29, 1.82) is 0 Å². The first kappa shape index (κ1) is 20.3. The second-order valence-electron chi connectivity index (χ2n) is 5.13. The smallest absolute Gasteiger partial charge is 0.193 e. The quantitative estimate of drug-likeness (QED) is 0.292. The summed E-state index contributed by atoms with van der Waals surface area (Å²) in [5, 5.41) is 3.57. The lowest BCUT2D eigenvalue weighted by molar-refractivity contribution is 0.415. The molecule has 0 amide bonds. The van der Waals surface area contributed by atoms with Gasteiger partial charge in [-0.3, -0.25) is 4.99 Å². The van der Waals surface area contributed by atoms with Crippen LogP contribution < -0.4 is 15.8 Å². The van der Waals surface area contributed by atoms with Gasteiger partial charge in [-0.15, -0.1) is 24.0 Å². The molecule has 1 aromatic rings. The SMILES string of the molecule is COc1ccc(NC(N)=NCCCCC(C)C)cc1Cl.I. The van der Waals surface area contributed by atoms with Crippen LogP contribution >= 0.6 is 35.6 Å². The third-order valence-electron chi connectivity index (χ3n) is 2.90. The first-order valence-electron chi connectivity index (χ1n) is 6.93. The van der Waals surface area contributed by atoms with E-state index in [0.717, 1.165) is 24.6 Å². The van der Waals surface area contributed by atoms with Crippen LogP contribution in [0, 0.1) is 5.92 Å². The van der Waals surface area contributed by atoms with Crippen molar-refractivity contribution < 1.29 is 4.74 Å². The Bertz CT molecular complexity index is 453. The predicted molar refractivity (Wildman–Crippen MR) is 102 cm³/mol. The molecule has 0 spiro atoms. The molecule has 0 atom stereocenters. The molecule has 0 aliphatic heterocycles. The zero-order valence-electron chi connectivity index (χ0n) is 12.9. The lowest BCUT2D eigenvalue weighted by atomic mass is 10.1. The van der Waals surface area contributed by atoms with E-state index in [1.54, 1.807) is 19.2 Å². The highest BCUT2D eigenvalue weighted by Crippen LogP contribution is 2.26. The number of nitrogens with zero attached hydrogens (tertiary/aromatic N) is 1. The number of methoxy groups -OCH3 is 1. The maximum Gasteiger partial charge on any atom is 0.193 e. The van der Waals surface area contributed by atoms with Crippen molar-refractivity contribution in [3.63, 3.8) is 0 Å². The summed E-state index contributed by atoms with van der Waals surface area (Å²) in [6.07, 6.45) is 3.48. The molecule has 0 saturated carbocycles. The fourth-order valence-corrected chi connectivity index (χ4v) is 2.05. The number of nitrogens with two attached hydrogens (primary N) is 1. The predicted octanol–water partition coefficient (Wildman–Crippen LogP) is 4.52. The number of halogens is 2. The molecule has 0 aliphatic carbocycles. The molecule has 0 aliphatic rings. The van der Waals surface area contributed by atoms with Gasteiger partial charge in [0.2, 0.25) is 0 Å². The number of unbranched alkanes of at least 4 members (excludes halogenated alkanes) is 1. The highest BCUT2D eigenvalue weighted by Gasteiger charge is 2.02. The van der Waals surface area contributed by atoms with Crippen LogP contribution in [-0.2, 0) is 0 Å². The van der Waals surface area contributed by atoms with Gasteiger partial charge in [-0.2, -0.15) is 0 Å². The number of nitrogens with one attached hydrogen (secondary N) is 1. The number of hydrogen-bond donors (Lipinski definition) is 2. The Morgan fingerprint density at radius 1 is 1.38 bits per heavy atom. The van der Waals surface area contributed by atoms with Crippen LogP contribution in [0.3, 0.4) is 0 Å². The molecular weight excluding hydrogens is 401 g/mol. The minimum atomic E-state index is 0. The minimum absolute atomic E-state index is 0. The molecule has 0 heterocycles. The van der Waals surface area contributed by atoms with E-state index in [0.29, 0.717) is 16.7 Å². The van der Waals surface area contributed by atoms with Crippen molar-refractivity contribution in [3.8, 4) is 5.75 Å². The first-order chi connectivity index (χ1) is 9.52. The van der Waals surface area contributed by atoms with Crippen molar-refractivity contribution in [2.24, 2.45) is 16.6 Å². The molecule has 0 radical (unpaired) electrons. The van der Waals surface area contributed by atoms with Gasteiger partial charge in [0.25, 0.3) is 0 Å². The van der Waals surface area contributed by atoms with Crippen LogP contribution in [0.4, 0.5) is 5.69 Å². The molecule has 1 aromatic carbocycles. The van der Waals surface area contributed by atoms with Crippen molar-refractivity contribution in [2.45, 2.75) is 33.1 Å². The van der Waals surface area contributed by atoms with Crippen LogP contribution in [0.15, 0.2) is 23.2 Å². The highest BCUT2D eigenvalue weighted by atomic mass is 127. The molecular formula is C15H25ClIN3O. The number of rotatable bonds is 7.